The molecule has 1 heterocycles. The number of aliphatic hydroxyl groups excluding tert-OH is 1. The van der Waals surface area contributed by atoms with Crippen LogP contribution in [-0.4, -0.2) is 5.11 Å². The van der Waals surface area contributed by atoms with Gasteiger partial charge >= 0.3 is 0 Å². The fraction of sp³-hybridized carbons (Fsp3) is 0.222. The zero-order valence-corrected chi connectivity index (χ0v) is 12.3. The van der Waals surface area contributed by atoms with Crippen molar-refractivity contribution in [3.05, 3.63) is 70.2 Å². The van der Waals surface area contributed by atoms with Crippen molar-refractivity contribution in [3.63, 3.8) is 0 Å². The molecule has 0 fully saturated rings. The van der Waals surface area contributed by atoms with Crippen LogP contribution in [-0.2, 0) is 0 Å². The van der Waals surface area contributed by atoms with Gasteiger partial charge in [0.05, 0.1) is 0 Å². The van der Waals surface area contributed by atoms with Crippen molar-refractivity contribution in [1.29, 1.82) is 0 Å². The van der Waals surface area contributed by atoms with E-state index in [2.05, 4.69) is 0 Å². The summed E-state index contributed by atoms with van der Waals surface area (Å²) < 4.78 is 19.1. The lowest BCUT2D eigenvalue weighted by Crippen LogP contribution is -2.02. The topological polar surface area (TPSA) is 33.4 Å². The summed E-state index contributed by atoms with van der Waals surface area (Å²) in [6.45, 7) is 5.81. The number of benzene rings is 2. The molecule has 1 aromatic heterocycles. The highest BCUT2D eigenvalue weighted by atomic mass is 19.1. The molecule has 0 radical (unpaired) electrons. The summed E-state index contributed by atoms with van der Waals surface area (Å²) in [5, 5.41) is 11.3. The van der Waals surface area contributed by atoms with E-state index < -0.39 is 6.10 Å². The van der Waals surface area contributed by atoms with Gasteiger partial charge in [-0.1, -0.05) is 23.8 Å². The molecule has 1 atom stereocenters. The molecule has 0 bridgehead atoms. The first-order chi connectivity index (χ1) is 9.97. The molecule has 2 aromatic carbocycles. The van der Waals surface area contributed by atoms with Gasteiger partial charge in [0.25, 0.3) is 0 Å². The van der Waals surface area contributed by atoms with Crippen LogP contribution in [0.1, 0.15) is 34.1 Å². The molecule has 3 heteroatoms. The SMILES string of the molecule is Cc1ccc(C(O)c2oc3ccc(F)cc3c2C)c(C)c1. The summed E-state index contributed by atoms with van der Waals surface area (Å²) in [4.78, 5) is 0. The average molecular weight is 284 g/mol. The van der Waals surface area contributed by atoms with Crippen molar-refractivity contribution in [1.82, 2.24) is 0 Å². The van der Waals surface area contributed by atoms with Gasteiger partial charge in [0.1, 0.15) is 23.3 Å². The number of halogens is 1. The van der Waals surface area contributed by atoms with Crippen LogP contribution in [0.4, 0.5) is 4.39 Å². The Hall–Kier alpha value is -2.13. The molecule has 21 heavy (non-hydrogen) atoms. The van der Waals surface area contributed by atoms with Crippen molar-refractivity contribution in [2.75, 3.05) is 0 Å². The Morgan fingerprint density at radius 2 is 1.81 bits per heavy atom. The third-order valence-electron chi connectivity index (χ3n) is 3.90. The van der Waals surface area contributed by atoms with Gasteiger partial charge in [-0.25, -0.2) is 4.39 Å². The molecule has 0 amide bonds. The van der Waals surface area contributed by atoms with Crippen LogP contribution >= 0.6 is 0 Å². The zero-order valence-electron chi connectivity index (χ0n) is 12.3. The van der Waals surface area contributed by atoms with Crippen LogP contribution in [0.15, 0.2) is 40.8 Å². The Kier molecular flexibility index (Phi) is 3.30. The van der Waals surface area contributed by atoms with E-state index in [1.165, 1.54) is 12.1 Å². The van der Waals surface area contributed by atoms with Crippen LogP contribution in [0.3, 0.4) is 0 Å². The molecule has 0 aliphatic heterocycles. The summed E-state index contributed by atoms with van der Waals surface area (Å²) in [5.74, 6) is 0.168. The van der Waals surface area contributed by atoms with Gasteiger partial charge in [-0.3, -0.25) is 0 Å². The predicted molar refractivity (Wildman–Crippen MR) is 80.9 cm³/mol. The number of aliphatic hydroxyl groups is 1. The molecule has 2 nitrogen and oxygen atoms in total. The van der Waals surface area contributed by atoms with Gasteiger partial charge in [0.2, 0.25) is 0 Å². The average Bonchev–Trinajstić information content (AvgIpc) is 2.75. The zero-order chi connectivity index (χ0) is 15.1. The number of hydrogen-bond acceptors (Lipinski definition) is 2. The minimum absolute atomic E-state index is 0.307. The quantitative estimate of drug-likeness (QED) is 0.747. The molecule has 1 N–H and O–H groups in total. The molecule has 0 spiro atoms. The summed E-state index contributed by atoms with van der Waals surface area (Å²) >= 11 is 0. The molecule has 0 aliphatic rings. The third kappa shape index (κ3) is 2.34. The standard InChI is InChI=1S/C18H17FO2/c1-10-4-6-14(11(2)8-10)17(20)18-12(3)15-9-13(19)5-7-16(15)21-18/h4-9,17,20H,1-3H3. The number of fused-ring (bicyclic) bond motifs is 1. The molecular weight excluding hydrogens is 267 g/mol. The second-order valence-electron chi connectivity index (χ2n) is 5.49. The highest BCUT2D eigenvalue weighted by Crippen LogP contribution is 2.34. The Balaban J connectivity index is 2.13. The molecule has 0 saturated heterocycles. The Morgan fingerprint density at radius 1 is 1.05 bits per heavy atom. The third-order valence-corrected chi connectivity index (χ3v) is 3.90. The smallest absolute Gasteiger partial charge is 0.141 e. The maximum absolute atomic E-state index is 13.4. The van der Waals surface area contributed by atoms with Crippen molar-refractivity contribution in [3.8, 4) is 0 Å². The highest BCUT2D eigenvalue weighted by Gasteiger charge is 2.21. The van der Waals surface area contributed by atoms with Gasteiger partial charge in [-0.15, -0.1) is 0 Å². The van der Waals surface area contributed by atoms with E-state index in [1.807, 2.05) is 39.0 Å². The summed E-state index contributed by atoms with van der Waals surface area (Å²) in [6, 6.07) is 10.3. The van der Waals surface area contributed by atoms with Crippen LogP contribution < -0.4 is 0 Å². The second-order valence-corrected chi connectivity index (χ2v) is 5.49. The molecular formula is C18H17FO2. The van der Waals surface area contributed by atoms with Gasteiger partial charge in [0, 0.05) is 10.9 Å². The Labute approximate surface area is 122 Å². The molecule has 0 saturated carbocycles. The molecule has 3 rings (SSSR count). The fourth-order valence-electron chi connectivity index (χ4n) is 2.75. The number of hydrogen-bond donors (Lipinski definition) is 1. The summed E-state index contributed by atoms with van der Waals surface area (Å²) in [5.41, 5.74) is 4.33. The first-order valence-electron chi connectivity index (χ1n) is 6.91. The van der Waals surface area contributed by atoms with Gasteiger partial charge < -0.3 is 9.52 Å². The van der Waals surface area contributed by atoms with Crippen LogP contribution in [0.5, 0.6) is 0 Å². The fourth-order valence-corrected chi connectivity index (χ4v) is 2.75. The summed E-state index contributed by atoms with van der Waals surface area (Å²) in [7, 11) is 0. The maximum atomic E-state index is 13.4. The van der Waals surface area contributed by atoms with E-state index in [0.29, 0.717) is 16.7 Å². The van der Waals surface area contributed by atoms with Crippen LogP contribution in [0.2, 0.25) is 0 Å². The second kappa shape index (κ2) is 5.01. The van der Waals surface area contributed by atoms with E-state index in [-0.39, 0.29) is 5.82 Å². The number of aryl methyl sites for hydroxylation is 3. The first kappa shape index (κ1) is 13.8. The minimum atomic E-state index is -0.846. The monoisotopic (exact) mass is 284 g/mol. The lowest BCUT2D eigenvalue weighted by Gasteiger charge is -2.13. The van der Waals surface area contributed by atoms with Gasteiger partial charge in [0.15, 0.2) is 0 Å². The largest absolute Gasteiger partial charge is 0.458 e. The van der Waals surface area contributed by atoms with Crippen molar-refractivity contribution in [2.45, 2.75) is 26.9 Å². The van der Waals surface area contributed by atoms with Crippen molar-refractivity contribution >= 4 is 11.0 Å². The first-order valence-corrected chi connectivity index (χ1v) is 6.91. The van der Waals surface area contributed by atoms with Crippen LogP contribution in [0, 0.1) is 26.6 Å². The van der Waals surface area contributed by atoms with Gasteiger partial charge in [-0.05, 0) is 50.1 Å². The Bertz CT molecular complexity index is 817. The molecule has 108 valence electrons. The van der Waals surface area contributed by atoms with E-state index in [1.54, 1.807) is 6.07 Å². The minimum Gasteiger partial charge on any atom is -0.458 e. The predicted octanol–water partition coefficient (Wildman–Crippen LogP) is 4.58. The van der Waals surface area contributed by atoms with E-state index in [4.69, 9.17) is 4.42 Å². The number of rotatable bonds is 2. The van der Waals surface area contributed by atoms with Crippen LogP contribution in [0.25, 0.3) is 11.0 Å². The highest BCUT2D eigenvalue weighted by molar-refractivity contribution is 5.82. The molecule has 1 unspecified atom stereocenters. The van der Waals surface area contributed by atoms with Crippen molar-refractivity contribution in [2.24, 2.45) is 0 Å². The van der Waals surface area contributed by atoms with E-state index in [9.17, 15) is 9.50 Å². The summed E-state index contributed by atoms with van der Waals surface area (Å²) in [6.07, 6.45) is -0.846. The normalized spacial score (nSPS) is 12.8. The Morgan fingerprint density at radius 3 is 2.52 bits per heavy atom. The van der Waals surface area contributed by atoms with Gasteiger partial charge in [-0.2, -0.15) is 0 Å². The lowest BCUT2D eigenvalue weighted by atomic mass is 9.98. The maximum Gasteiger partial charge on any atom is 0.141 e. The molecule has 3 aromatic rings. The number of furan rings is 1. The lowest BCUT2D eigenvalue weighted by molar-refractivity contribution is 0.190. The molecule has 0 aliphatic carbocycles. The van der Waals surface area contributed by atoms with E-state index in [0.717, 1.165) is 22.3 Å². The van der Waals surface area contributed by atoms with Crippen molar-refractivity contribution < 1.29 is 13.9 Å². The van der Waals surface area contributed by atoms with E-state index >= 15 is 0 Å².